The van der Waals surface area contributed by atoms with Crippen LogP contribution in [-0.2, 0) is 17.8 Å². The summed E-state index contributed by atoms with van der Waals surface area (Å²) in [5, 5.41) is 9.54. The average molecular weight is 513 g/mol. The minimum absolute atomic E-state index is 0.0514. The smallest absolute Gasteiger partial charge is 0.306 e. The van der Waals surface area contributed by atoms with Crippen molar-refractivity contribution < 1.29 is 14.6 Å². The summed E-state index contributed by atoms with van der Waals surface area (Å²) in [7, 11) is 0. The highest BCUT2D eigenvalue weighted by Crippen LogP contribution is 2.47. The molecule has 0 spiro atoms. The topological polar surface area (TPSA) is 46.5 Å². The van der Waals surface area contributed by atoms with Gasteiger partial charge in [0, 0.05) is 4.90 Å². The first kappa shape index (κ1) is 25.7. The van der Waals surface area contributed by atoms with Gasteiger partial charge in [0.1, 0.15) is 12.4 Å². The predicted octanol–water partition coefficient (Wildman–Crippen LogP) is 8.61. The normalized spacial score (nSPS) is 18.8. The van der Waals surface area contributed by atoms with E-state index in [2.05, 4.69) is 80.8 Å². The number of thioether (sulfide) groups is 1. The Labute approximate surface area is 225 Å². The van der Waals surface area contributed by atoms with E-state index in [1.165, 1.54) is 39.1 Å². The summed E-state index contributed by atoms with van der Waals surface area (Å²) in [6, 6.07) is 21.7. The Balaban J connectivity index is 1.43. The first-order chi connectivity index (χ1) is 17.8. The number of hydrogen-bond acceptors (Lipinski definition) is 3. The first-order valence-corrected chi connectivity index (χ1v) is 14.5. The van der Waals surface area contributed by atoms with Crippen LogP contribution in [0.1, 0.15) is 68.2 Å². The highest BCUT2D eigenvalue weighted by molar-refractivity contribution is 7.98. The van der Waals surface area contributed by atoms with Crippen molar-refractivity contribution in [1.29, 1.82) is 0 Å². The highest BCUT2D eigenvalue weighted by Gasteiger charge is 2.32. The molecule has 0 saturated heterocycles. The summed E-state index contributed by atoms with van der Waals surface area (Å²) < 4.78 is 6.29. The largest absolute Gasteiger partial charge is 0.489 e. The minimum atomic E-state index is -0.732. The Kier molecular flexibility index (Phi) is 7.22. The Morgan fingerprint density at radius 3 is 2.68 bits per heavy atom. The lowest BCUT2D eigenvalue weighted by Crippen LogP contribution is -2.17. The van der Waals surface area contributed by atoms with Crippen molar-refractivity contribution in [2.45, 2.75) is 63.9 Å². The maximum absolute atomic E-state index is 11.6. The van der Waals surface area contributed by atoms with Crippen LogP contribution in [0.3, 0.4) is 0 Å². The quantitative estimate of drug-likeness (QED) is 0.307. The molecule has 4 heteroatoms. The maximum atomic E-state index is 11.6. The lowest BCUT2D eigenvalue weighted by molar-refractivity contribution is -0.141. The third-order valence-corrected chi connectivity index (χ3v) is 8.97. The van der Waals surface area contributed by atoms with Crippen LogP contribution in [0.4, 0.5) is 0 Å². The number of carboxylic acid groups (broad SMARTS) is 1. The van der Waals surface area contributed by atoms with Crippen LogP contribution in [0, 0.1) is 11.3 Å². The molecule has 5 rings (SSSR count). The summed E-state index contributed by atoms with van der Waals surface area (Å²) in [5.41, 5.74) is 8.89. The Morgan fingerprint density at radius 1 is 1.11 bits per heavy atom. The third-order valence-electron chi connectivity index (χ3n) is 8.24. The zero-order valence-corrected chi connectivity index (χ0v) is 23.0. The molecule has 3 aromatic carbocycles. The van der Waals surface area contributed by atoms with Crippen molar-refractivity contribution >= 4 is 23.3 Å². The van der Waals surface area contributed by atoms with E-state index >= 15 is 0 Å². The van der Waals surface area contributed by atoms with Crippen LogP contribution in [0.25, 0.3) is 16.7 Å². The molecule has 1 N–H and O–H groups in total. The molecule has 3 nitrogen and oxygen atoms in total. The minimum Gasteiger partial charge on any atom is -0.489 e. The second-order valence-corrected chi connectivity index (χ2v) is 12.0. The molecule has 0 aromatic heterocycles. The molecule has 0 heterocycles. The number of allylic oxidation sites excluding steroid dienone is 2. The number of aliphatic carboxylic acids is 1. The first-order valence-electron chi connectivity index (χ1n) is 13.2. The third kappa shape index (κ3) is 5.22. The molecule has 0 aliphatic heterocycles. The van der Waals surface area contributed by atoms with Gasteiger partial charge in [-0.1, -0.05) is 57.2 Å². The van der Waals surface area contributed by atoms with Gasteiger partial charge in [0.2, 0.25) is 0 Å². The van der Waals surface area contributed by atoms with Crippen molar-refractivity contribution in [2.24, 2.45) is 11.3 Å². The van der Waals surface area contributed by atoms with E-state index in [-0.39, 0.29) is 17.3 Å². The Morgan fingerprint density at radius 2 is 1.95 bits per heavy atom. The monoisotopic (exact) mass is 512 g/mol. The number of aryl methyl sites for hydroxylation is 1. The molecule has 1 unspecified atom stereocenters. The summed E-state index contributed by atoms with van der Waals surface area (Å²) in [4.78, 5) is 12.9. The zero-order valence-electron chi connectivity index (χ0n) is 22.2. The molecule has 0 amide bonds. The number of rotatable bonds is 8. The van der Waals surface area contributed by atoms with Crippen LogP contribution in [0.2, 0.25) is 0 Å². The van der Waals surface area contributed by atoms with Crippen molar-refractivity contribution in [1.82, 2.24) is 0 Å². The molecule has 2 aliphatic rings. The van der Waals surface area contributed by atoms with Crippen LogP contribution in [0.5, 0.6) is 5.75 Å². The summed E-state index contributed by atoms with van der Waals surface area (Å²) in [5.74, 6) is -0.263. The summed E-state index contributed by atoms with van der Waals surface area (Å²) >= 11 is 1.77. The second kappa shape index (κ2) is 10.4. The van der Waals surface area contributed by atoms with E-state index in [1.54, 1.807) is 11.8 Å². The Hall–Kier alpha value is -2.98. The van der Waals surface area contributed by atoms with Crippen LogP contribution >= 0.6 is 11.8 Å². The van der Waals surface area contributed by atoms with E-state index in [1.807, 2.05) is 13.0 Å². The molecule has 3 aromatic rings. The van der Waals surface area contributed by atoms with Gasteiger partial charge in [0.25, 0.3) is 0 Å². The van der Waals surface area contributed by atoms with Gasteiger partial charge in [-0.3, -0.25) is 4.79 Å². The Bertz CT molecular complexity index is 1350. The van der Waals surface area contributed by atoms with E-state index in [9.17, 15) is 9.90 Å². The lowest BCUT2D eigenvalue weighted by atomic mass is 9.79. The number of fused-ring (bicyclic) bond motifs is 1. The van der Waals surface area contributed by atoms with Crippen LogP contribution < -0.4 is 4.74 Å². The number of benzene rings is 3. The van der Waals surface area contributed by atoms with Crippen LogP contribution in [-0.4, -0.2) is 17.3 Å². The molecule has 192 valence electrons. The van der Waals surface area contributed by atoms with Gasteiger partial charge in [-0.15, -0.1) is 11.8 Å². The predicted molar refractivity (Wildman–Crippen MR) is 153 cm³/mol. The number of hydrogen-bond donors (Lipinski definition) is 1. The van der Waals surface area contributed by atoms with Crippen molar-refractivity contribution in [3.05, 3.63) is 89.0 Å². The van der Waals surface area contributed by atoms with E-state index < -0.39 is 5.97 Å². The summed E-state index contributed by atoms with van der Waals surface area (Å²) in [6.07, 6.45) is 8.63. The van der Waals surface area contributed by atoms with Gasteiger partial charge in [-0.05, 0) is 113 Å². The molecule has 0 bridgehead atoms. The lowest BCUT2D eigenvalue weighted by Gasteiger charge is -2.25. The number of ether oxygens (including phenoxy) is 1. The SMILES string of the molecule is CSc1cccc(-c2ccc(COc3ccc4c(c3)C([C@H](C)C(=O)O)CC4)cc2C2=CCCC2(C)C)c1. The second-order valence-electron chi connectivity index (χ2n) is 11.1. The molecule has 0 fully saturated rings. The van der Waals surface area contributed by atoms with Gasteiger partial charge >= 0.3 is 5.97 Å². The molecule has 37 heavy (non-hydrogen) atoms. The van der Waals surface area contributed by atoms with E-state index in [4.69, 9.17) is 4.74 Å². The fraction of sp³-hybridized carbons (Fsp3) is 0.364. The van der Waals surface area contributed by atoms with Crippen molar-refractivity contribution in [2.75, 3.05) is 6.26 Å². The van der Waals surface area contributed by atoms with Crippen LogP contribution in [0.15, 0.2) is 71.6 Å². The van der Waals surface area contributed by atoms with E-state index in [0.29, 0.717) is 6.61 Å². The molecular weight excluding hydrogens is 476 g/mol. The molecule has 2 aliphatic carbocycles. The average Bonchev–Trinajstić information content (AvgIpc) is 3.48. The van der Waals surface area contributed by atoms with Gasteiger partial charge in [0.15, 0.2) is 0 Å². The molecule has 0 saturated carbocycles. The molecule has 2 atom stereocenters. The summed E-state index contributed by atoms with van der Waals surface area (Å²) in [6.45, 7) is 6.98. The molecule has 0 radical (unpaired) electrons. The zero-order chi connectivity index (χ0) is 26.2. The van der Waals surface area contributed by atoms with Gasteiger partial charge in [0.05, 0.1) is 5.92 Å². The fourth-order valence-corrected chi connectivity index (χ4v) is 6.43. The highest BCUT2D eigenvalue weighted by atomic mass is 32.2. The van der Waals surface area contributed by atoms with E-state index in [0.717, 1.165) is 36.1 Å². The maximum Gasteiger partial charge on any atom is 0.306 e. The molecular formula is C33H36O3S. The number of carbonyl (C=O) groups is 1. The van der Waals surface area contributed by atoms with Gasteiger partial charge in [-0.25, -0.2) is 0 Å². The van der Waals surface area contributed by atoms with Gasteiger partial charge < -0.3 is 9.84 Å². The fourth-order valence-electron chi connectivity index (χ4n) is 5.97. The van der Waals surface area contributed by atoms with Crippen molar-refractivity contribution in [3.8, 4) is 16.9 Å². The standard InChI is InChI=1S/C33H36O3S/c1-21(32(34)35)27-15-12-23-11-13-25(19-29(23)27)36-20-22-10-14-28(24-7-5-8-26(18-24)37-4)30(17-22)31-9-6-16-33(31,2)3/h5,7-11,13-14,17-19,21,27H,6,12,15-16,20H2,1-4H3,(H,34,35)/t21-,27?/m0/s1. The number of carboxylic acids is 1. The van der Waals surface area contributed by atoms with Crippen molar-refractivity contribution in [3.63, 3.8) is 0 Å². The van der Waals surface area contributed by atoms with Gasteiger partial charge in [-0.2, -0.15) is 0 Å².